The molecule has 0 saturated heterocycles. The van der Waals surface area contributed by atoms with Gasteiger partial charge >= 0.3 is 0 Å². The van der Waals surface area contributed by atoms with Crippen molar-refractivity contribution in [2.45, 2.75) is 96.8 Å². The van der Waals surface area contributed by atoms with Crippen molar-refractivity contribution < 1.29 is 0 Å². The number of anilines is 2. The van der Waals surface area contributed by atoms with Crippen molar-refractivity contribution >= 4 is 11.4 Å². The number of nitrogens with one attached hydrogen (secondary N) is 1. The molecule has 3 N–H and O–H groups in total. The zero-order chi connectivity index (χ0) is 17.3. The molecule has 1 aromatic carbocycles. The van der Waals surface area contributed by atoms with Crippen LogP contribution < -0.4 is 11.1 Å². The Morgan fingerprint density at radius 2 is 1.12 bits per heavy atom. The minimum absolute atomic E-state index is 0.850. The van der Waals surface area contributed by atoms with Crippen molar-refractivity contribution in [3.63, 3.8) is 0 Å². The largest absolute Gasteiger partial charge is 0.397 e. The van der Waals surface area contributed by atoms with Crippen LogP contribution in [0.3, 0.4) is 0 Å². The predicted molar refractivity (Wildman–Crippen MR) is 110 cm³/mol. The molecule has 0 saturated carbocycles. The quantitative estimate of drug-likeness (QED) is 0.249. The van der Waals surface area contributed by atoms with Crippen molar-refractivity contribution in [2.24, 2.45) is 0 Å². The van der Waals surface area contributed by atoms with Gasteiger partial charge in [0.25, 0.3) is 0 Å². The first-order valence-electron chi connectivity index (χ1n) is 10.4. The van der Waals surface area contributed by atoms with E-state index in [-0.39, 0.29) is 0 Å². The van der Waals surface area contributed by atoms with Gasteiger partial charge in [-0.3, -0.25) is 0 Å². The molecule has 0 radical (unpaired) electrons. The molecule has 0 aliphatic carbocycles. The molecule has 0 aliphatic rings. The molecule has 0 fully saturated rings. The van der Waals surface area contributed by atoms with Crippen LogP contribution in [0.15, 0.2) is 24.3 Å². The Kier molecular flexibility index (Phi) is 13.3. The first kappa shape index (κ1) is 20.9. The van der Waals surface area contributed by atoms with E-state index in [2.05, 4.69) is 18.3 Å². The van der Waals surface area contributed by atoms with Gasteiger partial charge in [-0.25, -0.2) is 0 Å². The molecule has 1 rings (SSSR count). The normalized spacial score (nSPS) is 10.9. The van der Waals surface area contributed by atoms with Gasteiger partial charge in [0.2, 0.25) is 0 Å². The molecule has 0 bridgehead atoms. The maximum Gasteiger partial charge on any atom is 0.0573 e. The summed E-state index contributed by atoms with van der Waals surface area (Å²) in [4.78, 5) is 0. The summed E-state index contributed by atoms with van der Waals surface area (Å²) in [6, 6.07) is 8.02. The summed E-state index contributed by atoms with van der Waals surface area (Å²) >= 11 is 0. The van der Waals surface area contributed by atoms with Crippen LogP contribution in [0, 0.1) is 0 Å². The molecule has 0 heterocycles. The van der Waals surface area contributed by atoms with Crippen LogP contribution in [0.5, 0.6) is 0 Å². The van der Waals surface area contributed by atoms with Gasteiger partial charge in [0.05, 0.1) is 11.4 Å². The summed E-state index contributed by atoms with van der Waals surface area (Å²) < 4.78 is 0. The maximum absolute atomic E-state index is 5.92. The second kappa shape index (κ2) is 15.4. The Labute approximate surface area is 150 Å². The Morgan fingerprint density at radius 1 is 0.667 bits per heavy atom. The summed E-state index contributed by atoms with van der Waals surface area (Å²) in [7, 11) is 0. The number of rotatable bonds is 16. The lowest BCUT2D eigenvalue weighted by molar-refractivity contribution is 0.537. The number of hydrogen-bond acceptors (Lipinski definition) is 2. The van der Waals surface area contributed by atoms with Crippen molar-refractivity contribution in [3.05, 3.63) is 24.3 Å². The fraction of sp³-hybridized carbons (Fsp3) is 0.727. The molecule has 0 atom stereocenters. The average Bonchev–Trinajstić information content (AvgIpc) is 2.60. The number of nitrogen functional groups attached to an aromatic ring is 1. The van der Waals surface area contributed by atoms with Gasteiger partial charge < -0.3 is 11.1 Å². The molecule has 2 heteroatoms. The molecular formula is C22H40N2. The fourth-order valence-corrected chi connectivity index (χ4v) is 3.20. The van der Waals surface area contributed by atoms with E-state index < -0.39 is 0 Å². The second-order valence-corrected chi connectivity index (χ2v) is 7.11. The summed E-state index contributed by atoms with van der Waals surface area (Å²) in [5.74, 6) is 0. The Balaban J connectivity index is 1.77. The van der Waals surface area contributed by atoms with Crippen LogP contribution >= 0.6 is 0 Å². The minimum atomic E-state index is 0.850. The Morgan fingerprint density at radius 3 is 1.62 bits per heavy atom. The molecule has 1 aromatic rings. The van der Waals surface area contributed by atoms with Gasteiger partial charge in [-0.05, 0) is 18.6 Å². The molecule has 24 heavy (non-hydrogen) atoms. The Hall–Kier alpha value is -1.18. The van der Waals surface area contributed by atoms with Crippen LogP contribution in [0.4, 0.5) is 11.4 Å². The standard InChI is InChI=1S/C22H40N2/c1-2-3-4-5-6-7-8-9-10-11-12-13-14-17-20-24-22-19-16-15-18-21(22)23/h15-16,18-19,24H,2-14,17,20,23H2,1H3. The third-order valence-electron chi connectivity index (χ3n) is 4.81. The van der Waals surface area contributed by atoms with E-state index in [1.54, 1.807) is 0 Å². The topological polar surface area (TPSA) is 38.0 Å². The van der Waals surface area contributed by atoms with Crippen molar-refractivity contribution in [2.75, 3.05) is 17.6 Å². The first-order chi connectivity index (χ1) is 11.8. The lowest BCUT2D eigenvalue weighted by atomic mass is 10.0. The summed E-state index contributed by atoms with van der Waals surface area (Å²) in [5, 5.41) is 3.43. The summed E-state index contributed by atoms with van der Waals surface area (Å²) in [5.41, 5.74) is 7.84. The van der Waals surface area contributed by atoms with E-state index in [4.69, 9.17) is 5.73 Å². The van der Waals surface area contributed by atoms with Crippen molar-refractivity contribution in [1.82, 2.24) is 0 Å². The predicted octanol–water partition coefficient (Wildman–Crippen LogP) is 7.16. The zero-order valence-electron chi connectivity index (χ0n) is 16.0. The molecule has 2 nitrogen and oxygen atoms in total. The van der Waals surface area contributed by atoms with Crippen LogP contribution in [0.1, 0.15) is 96.8 Å². The number of hydrogen-bond donors (Lipinski definition) is 2. The van der Waals surface area contributed by atoms with E-state index in [0.717, 1.165) is 17.9 Å². The lowest BCUT2D eigenvalue weighted by Gasteiger charge is -2.08. The number of para-hydroxylation sites is 2. The van der Waals surface area contributed by atoms with Gasteiger partial charge in [-0.2, -0.15) is 0 Å². The van der Waals surface area contributed by atoms with E-state index in [1.807, 2.05) is 18.2 Å². The van der Waals surface area contributed by atoms with Gasteiger partial charge in [0, 0.05) is 6.54 Å². The molecule has 0 aliphatic heterocycles. The van der Waals surface area contributed by atoms with Gasteiger partial charge in [-0.15, -0.1) is 0 Å². The van der Waals surface area contributed by atoms with E-state index in [9.17, 15) is 0 Å². The molecule has 138 valence electrons. The monoisotopic (exact) mass is 332 g/mol. The van der Waals surface area contributed by atoms with Crippen molar-refractivity contribution in [1.29, 1.82) is 0 Å². The molecule has 0 spiro atoms. The fourth-order valence-electron chi connectivity index (χ4n) is 3.20. The maximum atomic E-state index is 5.92. The lowest BCUT2D eigenvalue weighted by Crippen LogP contribution is -2.03. The molecule has 0 unspecified atom stereocenters. The highest BCUT2D eigenvalue weighted by Crippen LogP contribution is 2.17. The molecule has 0 aromatic heterocycles. The number of benzene rings is 1. The highest BCUT2D eigenvalue weighted by Gasteiger charge is 1.96. The van der Waals surface area contributed by atoms with E-state index in [1.165, 1.54) is 89.9 Å². The minimum Gasteiger partial charge on any atom is -0.397 e. The second-order valence-electron chi connectivity index (χ2n) is 7.11. The number of unbranched alkanes of at least 4 members (excludes halogenated alkanes) is 13. The first-order valence-corrected chi connectivity index (χ1v) is 10.4. The summed E-state index contributed by atoms with van der Waals surface area (Å²) in [6.45, 7) is 3.32. The van der Waals surface area contributed by atoms with Crippen LogP contribution in [-0.4, -0.2) is 6.54 Å². The molecule has 0 amide bonds. The zero-order valence-corrected chi connectivity index (χ0v) is 16.0. The smallest absolute Gasteiger partial charge is 0.0573 e. The SMILES string of the molecule is CCCCCCCCCCCCCCCCNc1ccccc1N. The van der Waals surface area contributed by atoms with E-state index in [0.29, 0.717) is 0 Å². The average molecular weight is 333 g/mol. The van der Waals surface area contributed by atoms with Gasteiger partial charge in [0.15, 0.2) is 0 Å². The van der Waals surface area contributed by atoms with Crippen molar-refractivity contribution in [3.8, 4) is 0 Å². The third kappa shape index (κ3) is 11.4. The summed E-state index contributed by atoms with van der Waals surface area (Å²) in [6.07, 6.45) is 19.7. The molecular weight excluding hydrogens is 292 g/mol. The van der Waals surface area contributed by atoms with Crippen LogP contribution in [-0.2, 0) is 0 Å². The third-order valence-corrected chi connectivity index (χ3v) is 4.81. The van der Waals surface area contributed by atoms with Gasteiger partial charge in [0.1, 0.15) is 0 Å². The highest BCUT2D eigenvalue weighted by molar-refractivity contribution is 5.65. The number of nitrogens with two attached hydrogens (primary N) is 1. The van der Waals surface area contributed by atoms with Crippen LogP contribution in [0.25, 0.3) is 0 Å². The van der Waals surface area contributed by atoms with Gasteiger partial charge in [-0.1, -0.05) is 103 Å². The highest BCUT2D eigenvalue weighted by atomic mass is 14.9. The van der Waals surface area contributed by atoms with E-state index >= 15 is 0 Å². The Bertz CT molecular complexity index is 389. The van der Waals surface area contributed by atoms with Crippen LogP contribution in [0.2, 0.25) is 0 Å².